The monoisotopic (exact) mass is 445 g/mol. The molecule has 0 N–H and O–H groups in total. The molecule has 3 aliphatic rings. The standard InChI is InChI=1S/C27H27NO5/c1-17(18-6-4-3-5-7-18)28-11-10-19-13-24-25(32-15-31-24)14-21(19)22(28)12-20-8-9-23-27(26(20)29-2)33-16-30-23/h3-9,13-14,17,22H,10-12,15-16H2,1-2H3/t17-,22-/m1/s1. The van der Waals surface area contributed by atoms with Gasteiger partial charge in [0.2, 0.25) is 19.3 Å². The average Bonchev–Trinajstić information content (AvgIpc) is 3.52. The van der Waals surface area contributed by atoms with Crippen LogP contribution in [0, 0.1) is 0 Å². The molecule has 6 rings (SSSR count). The Labute approximate surface area is 193 Å². The number of nitrogens with zero attached hydrogens (tertiary/aromatic N) is 1. The van der Waals surface area contributed by atoms with Crippen molar-refractivity contribution in [2.24, 2.45) is 0 Å². The van der Waals surface area contributed by atoms with Gasteiger partial charge in [-0.15, -0.1) is 0 Å². The van der Waals surface area contributed by atoms with Crippen LogP contribution in [-0.2, 0) is 12.8 Å². The van der Waals surface area contributed by atoms with Crippen molar-refractivity contribution in [2.75, 3.05) is 27.2 Å². The van der Waals surface area contributed by atoms with Gasteiger partial charge in [-0.05, 0) is 54.7 Å². The van der Waals surface area contributed by atoms with Gasteiger partial charge in [0.05, 0.1) is 7.11 Å². The summed E-state index contributed by atoms with van der Waals surface area (Å²) in [6.07, 6.45) is 1.75. The molecule has 3 aromatic carbocycles. The summed E-state index contributed by atoms with van der Waals surface area (Å²) in [6, 6.07) is 19.5. The lowest BCUT2D eigenvalue weighted by Gasteiger charge is -2.41. The van der Waals surface area contributed by atoms with Gasteiger partial charge in [0, 0.05) is 24.2 Å². The van der Waals surface area contributed by atoms with E-state index in [0.717, 1.165) is 47.9 Å². The molecule has 6 nitrogen and oxygen atoms in total. The van der Waals surface area contributed by atoms with Crippen molar-refractivity contribution in [3.8, 4) is 28.7 Å². The number of ether oxygens (including phenoxy) is 5. The maximum absolute atomic E-state index is 5.80. The molecule has 0 fully saturated rings. The largest absolute Gasteiger partial charge is 0.492 e. The molecule has 3 aromatic rings. The fourth-order valence-electron chi connectivity index (χ4n) is 5.30. The molecule has 0 bridgehead atoms. The molecular formula is C27H27NO5. The summed E-state index contributed by atoms with van der Waals surface area (Å²) in [5.74, 6) is 3.85. The van der Waals surface area contributed by atoms with Crippen molar-refractivity contribution >= 4 is 0 Å². The maximum Gasteiger partial charge on any atom is 0.231 e. The SMILES string of the molecule is COc1c(C[C@@H]2c3cc4c(cc3CCN2[C@H](C)c2ccccc2)OCO4)ccc2c1OCO2. The number of rotatable bonds is 5. The molecule has 2 atom stereocenters. The molecule has 0 unspecified atom stereocenters. The summed E-state index contributed by atoms with van der Waals surface area (Å²) in [4.78, 5) is 2.59. The van der Waals surface area contributed by atoms with E-state index in [9.17, 15) is 0 Å². The van der Waals surface area contributed by atoms with Crippen molar-refractivity contribution < 1.29 is 23.7 Å². The summed E-state index contributed by atoms with van der Waals surface area (Å²) in [5, 5.41) is 0. The molecule has 0 spiro atoms. The highest BCUT2D eigenvalue weighted by Crippen LogP contribution is 2.48. The molecule has 33 heavy (non-hydrogen) atoms. The average molecular weight is 446 g/mol. The summed E-state index contributed by atoms with van der Waals surface area (Å²) >= 11 is 0. The Hall–Kier alpha value is -3.38. The maximum atomic E-state index is 5.80. The lowest BCUT2D eigenvalue weighted by Crippen LogP contribution is -2.38. The molecule has 0 saturated heterocycles. The molecule has 0 radical (unpaired) electrons. The summed E-state index contributed by atoms with van der Waals surface area (Å²) in [5.41, 5.74) is 5.01. The highest BCUT2D eigenvalue weighted by Gasteiger charge is 2.35. The van der Waals surface area contributed by atoms with E-state index in [-0.39, 0.29) is 25.7 Å². The van der Waals surface area contributed by atoms with Crippen LogP contribution >= 0.6 is 0 Å². The number of hydrogen-bond donors (Lipinski definition) is 0. The molecule has 0 saturated carbocycles. The van der Waals surface area contributed by atoms with E-state index < -0.39 is 0 Å². The van der Waals surface area contributed by atoms with Crippen LogP contribution in [0.25, 0.3) is 0 Å². The Bertz CT molecular complexity index is 1180. The van der Waals surface area contributed by atoms with Gasteiger partial charge < -0.3 is 23.7 Å². The van der Waals surface area contributed by atoms with Crippen LogP contribution in [0.5, 0.6) is 28.7 Å². The normalized spacial score (nSPS) is 19.3. The Morgan fingerprint density at radius 2 is 1.70 bits per heavy atom. The van der Waals surface area contributed by atoms with Crippen LogP contribution in [0.1, 0.15) is 41.3 Å². The van der Waals surface area contributed by atoms with E-state index >= 15 is 0 Å². The third-order valence-electron chi connectivity index (χ3n) is 7.01. The first-order valence-corrected chi connectivity index (χ1v) is 11.4. The third-order valence-corrected chi connectivity index (χ3v) is 7.01. The minimum Gasteiger partial charge on any atom is -0.492 e. The van der Waals surface area contributed by atoms with Crippen LogP contribution < -0.4 is 23.7 Å². The topological polar surface area (TPSA) is 49.4 Å². The van der Waals surface area contributed by atoms with Crippen molar-refractivity contribution in [1.82, 2.24) is 4.90 Å². The van der Waals surface area contributed by atoms with Gasteiger partial charge in [0.1, 0.15) is 0 Å². The second-order valence-corrected chi connectivity index (χ2v) is 8.69. The van der Waals surface area contributed by atoms with Crippen molar-refractivity contribution in [1.29, 1.82) is 0 Å². The number of methoxy groups -OCH3 is 1. The van der Waals surface area contributed by atoms with Crippen molar-refractivity contribution in [3.63, 3.8) is 0 Å². The predicted molar refractivity (Wildman–Crippen MR) is 123 cm³/mol. The highest BCUT2D eigenvalue weighted by molar-refractivity contribution is 5.58. The molecular weight excluding hydrogens is 418 g/mol. The van der Waals surface area contributed by atoms with E-state index in [1.807, 2.05) is 6.07 Å². The zero-order valence-electron chi connectivity index (χ0n) is 18.9. The first-order valence-electron chi connectivity index (χ1n) is 11.4. The van der Waals surface area contributed by atoms with Crippen LogP contribution in [0.15, 0.2) is 54.6 Å². The molecule has 0 aliphatic carbocycles. The Morgan fingerprint density at radius 1 is 0.939 bits per heavy atom. The van der Waals surface area contributed by atoms with Gasteiger partial charge in [-0.1, -0.05) is 36.4 Å². The van der Waals surface area contributed by atoms with Gasteiger partial charge in [-0.25, -0.2) is 0 Å². The predicted octanol–water partition coefficient (Wildman–Crippen LogP) is 5.06. The van der Waals surface area contributed by atoms with E-state index in [1.165, 1.54) is 16.7 Å². The summed E-state index contributed by atoms with van der Waals surface area (Å²) in [6.45, 7) is 3.75. The quantitative estimate of drug-likeness (QED) is 0.548. The van der Waals surface area contributed by atoms with Crippen LogP contribution in [-0.4, -0.2) is 32.1 Å². The molecule has 170 valence electrons. The fraction of sp³-hybridized carbons (Fsp3) is 0.333. The number of fused-ring (bicyclic) bond motifs is 3. The first kappa shape index (κ1) is 20.2. The zero-order chi connectivity index (χ0) is 22.4. The second kappa shape index (κ2) is 8.19. The lowest BCUT2D eigenvalue weighted by molar-refractivity contribution is 0.131. The lowest BCUT2D eigenvalue weighted by atomic mass is 9.86. The molecule has 6 heteroatoms. The van der Waals surface area contributed by atoms with Crippen LogP contribution in [0.2, 0.25) is 0 Å². The van der Waals surface area contributed by atoms with Crippen molar-refractivity contribution in [3.05, 3.63) is 76.9 Å². The van der Waals surface area contributed by atoms with Gasteiger partial charge >= 0.3 is 0 Å². The van der Waals surface area contributed by atoms with Gasteiger partial charge in [0.15, 0.2) is 23.0 Å². The van der Waals surface area contributed by atoms with Gasteiger partial charge in [-0.2, -0.15) is 0 Å². The number of benzene rings is 3. The van der Waals surface area contributed by atoms with E-state index in [1.54, 1.807) is 7.11 Å². The minimum absolute atomic E-state index is 0.146. The van der Waals surface area contributed by atoms with E-state index in [0.29, 0.717) is 5.75 Å². The fourth-order valence-corrected chi connectivity index (χ4v) is 5.30. The molecule has 3 heterocycles. The Morgan fingerprint density at radius 3 is 2.52 bits per heavy atom. The highest BCUT2D eigenvalue weighted by atomic mass is 16.7. The van der Waals surface area contributed by atoms with Crippen LogP contribution in [0.3, 0.4) is 0 Å². The second-order valence-electron chi connectivity index (χ2n) is 8.69. The first-order chi connectivity index (χ1) is 16.2. The Kier molecular flexibility index (Phi) is 5.03. The number of hydrogen-bond acceptors (Lipinski definition) is 6. The van der Waals surface area contributed by atoms with Gasteiger partial charge in [0.25, 0.3) is 0 Å². The van der Waals surface area contributed by atoms with Gasteiger partial charge in [-0.3, -0.25) is 4.90 Å². The van der Waals surface area contributed by atoms with Crippen molar-refractivity contribution in [2.45, 2.75) is 31.8 Å². The minimum atomic E-state index is 0.146. The van der Waals surface area contributed by atoms with E-state index in [2.05, 4.69) is 60.4 Å². The Balaban J connectivity index is 1.43. The molecule has 3 aliphatic heterocycles. The summed E-state index contributed by atoms with van der Waals surface area (Å²) in [7, 11) is 1.69. The third kappa shape index (κ3) is 3.45. The van der Waals surface area contributed by atoms with E-state index in [4.69, 9.17) is 23.7 Å². The molecule has 0 amide bonds. The molecule has 0 aromatic heterocycles. The summed E-state index contributed by atoms with van der Waals surface area (Å²) < 4.78 is 28.5. The van der Waals surface area contributed by atoms with Crippen LogP contribution in [0.4, 0.5) is 0 Å². The smallest absolute Gasteiger partial charge is 0.231 e. The zero-order valence-corrected chi connectivity index (χ0v) is 18.9.